The predicted octanol–water partition coefficient (Wildman–Crippen LogP) is 3.16. The highest BCUT2D eigenvalue weighted by Gasteiger charge is 2.20. The molecule has 0 spiro atoms. The van der Waals surface area contributed by atoms with Crippen LogP contribution in [0.15, 0.2) is 18.2 Å². The molecule has 1 aromatic rings. The summed E-state index contributed by atoms with van der Waals surface area (Å²) in [6, 6.07) is 6.23. The zero-order chi connectivity index (χ0) is 10.7. The van der Waals surface area contributed by atoms with Crippen molar-refractivity contribution in [3.8, 4) is 5.75 Å². The monoisotopic (exact) mass is 225 g/mol. The number of ether oxygens (including phenoxy) is 1. The molecule has 3 heteroatoms. The molecule has 2 rings (SSSR count). The molecule has 0 bridgehead atoms. The average molecular weight is 226 g/mol. The second kappa shape index (κ2) is 4.86. The van der Waals surface area contributed by atoms with Crippen LogP contribution < -0.4 is 10.1 Å². The van der Waals surface area contributed by atoms with Crippen molar-refractivity contribution < 1.29 is 4.74 Å². The largest absolute Gasteiger partial charge is 0.493 e. The first kappa shape index (κ1) is 10.8. The molecular formula is C12H16ClNO. The Morgan fingerprint density at radius 1 is 1.53 bits per heavy atom. The number of fused-ring (bicyclic) bond motifs is 1. The molecule has 0 aliphatic carbocycles. The van der Waals surface area contributed by atoms with Gasteiger partial charge < -0.3 is 10.1 Å². The second-order valence-corrected chi connectivity index (χ2v) is 4.26. The minimum absolute atomic E-state index is 0.396. The standard InChI is InChI=1S/C12H16ClNO/c1-2-6-14-11-5-7-15-12-4-3-9(13)8-10(11)12/h3-4,8,11,14H,2,5-7H2,1H3. The van der Waals surface area contributed by atoms with Crippen molar-refractivity contribution in [2.24, 2.45) is 0 Å². The number of benzene rings is 1. The summed E-state index contributed by atoms with van der Waals surface area (Å²) in [7, 11) is 0. The molecule has 2 nitrogen and oxygen atoms in total. The Bertz CT molecular complexity index is 340. The zero-order valence-electron chi connectivity index (χ0n) is 8.92. The van der Waals surface area contributed by atoms with E-state index in [2.05, 4.69) is 12.2 Å². The summed E-state index contributed by atoms with van der Waals surface area (Å²) in [4.78, 5) is 0. The first-order valence-electron chi connectivity index (χ1n) is 5.47. The lowest BCUT2D eigenvalue weighted by Crippen LogP contribution is -2.27. The fraction of sp³-hybridized carbons (Fsp3) is 0.500. The van der Waals surface area contributed by atoms with Gasteiger partial charge in [0.25, 0.3) is 0 Å². The van der Waals surface area contributed by atoms with E-state index in [1.807, 2.05) is 18.2 Å². The fourth-order valence-corrected chi connectivity index (χ4v) is 2.08. The number of hydrogen-bond donors (Lipinski definition) is 1. The van der Waals surface area contributed by atoms with Gasteiger partial charge >= 0.3 is 0 Å². The van der Waals surface area contributed by atoms with Gasteiger partial charge in [-0.05, 0) is 31.2 Å². The lowest BCUT2D eigenvalue weighted by Gasteiger charge is -2.26. The molecule has 0 saturated heterocycles. The van der Waals surface area contributed by atoms with Gasteiger partial charge in [-0.25, -0.2) is 0 Å². The summed E-state index contributed by atoms with van der Waals surface area (Å²) in [5, 5.41) is 4.30. The SMILES string of the molecule is CCCNC1CCOc2ccc(Cl)cc21. The van der Waals surface area contributed by atoms with E-state index in [4.69, 9.17) is 16.3 Å². The van der Waals surface area contributed by atoms with Crippen LogP contribution in [0.3, 0.4) is 0 Å². The Morgan fingerprint density at radius 3 is 3.20 bits per heavy atom. The number of halogens is 1. The van der Waals surface area contributed by atoms with E-state index in [1.165, 1.54) is 5.56 Å². The van der Waals surface area contributed by atoms with Gasteiger partial charge in [-0.3, -0.25) is 0 Å². The highest BCUT2D eigenvalue weighted by molar-refractivity contribution is 6.30. The van der Waals surface area contributed by atoms with Crippen LogP contribution in [0.25, 0.3) is 0 Å². The average Bonchev–Trinajstić information content (AvgIpc) is 2.26. The minimum atomic E-state index is 0.396. The maximum Gasteiger partial charge on any atom is 0.124 e. The molecule has 1 heterocycles. The van der Waals surface area contributed by atoms with Crippen LogP contribution >= 0.6 is 11.6 Å². The predicted molar refractivity (Wildman–Crippen MR) is 62.6 cm³/mol. The molecule has 1 unspecified atom stereocenters. The third-order valence-electron chi connectivity index (χ3n) is 2.65. The van der Waals surface area contributed by atoms with Gasteiger partial charge in [-0.2, -0.15) is 0 Å². The summed E-state index contributed by atoms with van der Waals surface area (Å²) in [6.45, 7) is 4.00. The first-order valence-corrected chi connectivity index (χ1v) is 5.84. The second-order valence-electron chi connectivity index (χ2n) is 3.83. The van der Waals surface area contributed by atoms with Crippen molar-refractivity contribution in [3.05, 3.63) is 28.8 Å². The van der Waals surface area contributed by atoms with E-state index in [0.29, 0.717) is 6.04 Å². The molecule has 15 heavy (non-hydrogen) atoms. The number of rotatable bonds is 3. The van der Waals surface area contributed by atoms with Gasteiger partial charge in [-0.1, -0.05) is 18.5 Å². The Balaban J connectivity index is 2.20. The lowest BCUT2D eigenvalue weighted by molar-refractivity contribution is 0.253. The van der Waals surface area contributed by atoms with E-state index in [-0.39, 0.29) is 0 Å². The van der Waals surface area contributed by atoms with Crippen LogP contribution in [-0.2, 0) is 0 Å². The molecule has 1 aromatic carbocycles. The smallest absolute Gasteiger partial charge is 0.124 e. The summed E-state index contributed by atoms with van der Waals surface area (Å²) in [5.41, 5.74) is 1.20. The van der Waals surface area contributed by atoms with Crippen molar-refractivity contribution in [1.82, 2.24) is 5.32 Å². The lowest BCUT2D eigenvalue weighted by atomic mass is 10.0. The van der Waals surface area contributed by atoms with Gasteiger partial charge in [0, 0.05) is 23.0 Å². The summed E-state index contributed by atoms with van der Waals surface area (Å²) in [5.74, 6) is 0.972. The van der Waals surface area contributed by atoms with E-state index in [0.717, 1.165) is 36.8 Å². The summed E-state index contributed by atoms with van der Waals surface area (Å²) < 4.78 is 5.59. The molecular weight excluding hydrogens is 210 g/mol. The van der Waals surface area contributed by atoms with Crippen molar-refractivity contribution >= 4 is 11.6 Å². The van der Waals surface area contributed by atoms with Crippen LogP contribution in [0.1, 0.15) is 31.4 Å². The molecule has 0 saturated carbocycles. The molecule has 1 aliphatic heterocycles. The third-order valence-corrected chi connectivity index (χ3v) is 2.89. The third kappa shape index (κ3) is 2.44. The first-order chi connectivity index (χ1) is 7.31. The summed E-state index contributed by atoms with van der Waals surface area (Å²) in [6.07, 6.45) is 2.17. The van der Waals surface area contributed by atoms with Gasteiger partial charge in [-0.15, -0.1) is 0 Å². The van der Waals surface area contributed by atoms with E-state index in [1.54, 1.807) is 0 Å². The van der Waals surface area contributed by atoms with Crippen LogP contribution in [0.4, 0.5) is 0 Å². The molecule has 0 radical (unpaired) electrons. The molecule has 0 fully saturated rings. The van der Waals surface area contributed by atoms with Gasteiger partial charge in [0.2, 0.25) is 0 Å². The minimum Gasteiger partial charge on any atom is -0.493 e. The van der Waals surface area contributed by atoms with E-state index < -0.39 is 0 Å². The normalized spacial score (nSPS) is 19.5. The molecule has 1 atom stereocenters. The van der Waals surface area contributed by atoms with Crippen molar-refractivity contribution in [2.45, 2.75) is 25.8 Å². The number of nitrogens with one attached hydrogen (secondary N) is 1. The van der Waals surface area contributed by atoms with Crippen molar-refractivity contribution in [2.75, 3.05) is 13.2 Å². The highest BCUT2D eigenvalue weighted by Crippen LogP contribution is 2.33. The Hall–Kier alpha value is -0.730. The maximum atomic E-state index is 5.99. The van der Waals surface area contributed by atoms with Crippen LogP contribution in [0, 0.1) is 0 Å². The molecule has 1 N–H and O–H groups in total. The quantitative estimate of drug-likeness (QED) is 0.853. The van der Waals surface area contributed by atoms with E-state index in [9.17, 15) is 0 Å². The molecule has 1 aliphatic rings. The van der Waals surface area contributed by atoms with E-state index >= 15 is 0 Å². The Labute approximate surface area is 95.6 Å². The Kier molecular flexibility index (Phi) is 3.49. The van der Waals surface area contributed by atoms with Crippen LogP contribution in [-0.4, -0.2) is 13.2 Å². The van der Waals surface area contributed by atoms with Crippen LogP contribution in [0.5, 0.6) is 5.75 Å². The van der Waals surface area contributed by atoms with Crippen molar-refractivity contribution in [3.63, 3.8) is 0 Å². The topological polar surface area (TPSA) is 21.3 Å². The number of hydrogen-bond acceptors (Lipinski definition) is 2. The van der Waals surface area contributed by atoms with Crippen molar-refractivity contribution in [1.29, 1.82) is 0 Å². The van der Waals surface area contributed by atoms with Gasteiger partial charge in [0.1, 0.15) is 5.75 Å². The molecule has 0 amide bonds. The molecule has 82 valence electrons. The Morgan fingerprint density at radius 2 is 2.40 bits per heavy atom. The fourth-order valence-electron chi connectivity index (χ4n) is 1.90. The maximum absolute atomic E-state index is 5.99. The molecule has 0 aromatic heterocycles. The zero-order valence-corrected chi connectivity index (χ0v) is 9.68. The highest BCUT2D eigenvalue weighted by atomic mass is 35.5. The summed E-state index contributed by atoms with van der Waals surface area (Å²) >= 11 is 5.99. The van der Waals surface area contributed by atoms with Gasteiger partial charge in [0.15, 0.2) is 0 Å². The van der Waals surface area contributed by atoms with Gasteiger partial charge in [0.05, 0.1) is 6.61 Å². The van der Waals surface area contributed by atoms with Crippen LogP contribution in [0.2, 0.25) is 5.02 Å².